The van der Waals surface area contributed by atoms with Crippen LogP contribution in [0.2, 0.25) is 0 Å². The van der Waals surface area contributed by atoms with Gasteiger partial charge in [-0.1, -0.05) is 29.8 Å². The number of thiazole rings is 1. The SMILES string of the molecule is COc1cccc(C(=O)COC(=O)c2csc(Nc3ccc(C)cc3)n2)c1. The Kier molecular flexibility index (Phi) is 5.83. The van der Waals surface area contributed by atoms with E-state index in [1.54, 1.807) is 29.6 Å². The van der Waals surface area contributed by atoms with Crippen LogP contribution in [0.5, 0.6) is 5.75 Å². The molecule has 0 saturated carbocycles. The Balaban J connectivity index is 1.57. The molecule has 0 aliphatic rings. The van der Waals surface area contributed by atoms with E-state index in [2.05, 4.69) is 10.3 Å². The van der Waals surface area contributed by atoms with E-state index in [1.807, 2.05) is 31.2 Å². The number of nitrogens with zero attached hydrogens (tertiary/aromatic N) is 1. The minimum atomic E-state index is -0.639. The number of Topliss-reactive ketones (excluding diaryl/α,β-unsaturated/α-hetero) is 1. The van der Waals surface area contributed by atoms with Gasteiger partial charge in [0.2, 0.25) is 0 Å². The lowest BCUT2D eigenvalue weighted by Crippen LogP contribution is -2.14. The van der Waals surface area contributed by atoms with Gasteiger partial charge in [-0.3, -0.25) is 4.79 Å². The van der Waals surface area contributed by atoms with Crippen LogP contribution in [-0.4, -0.2) is 30.5 Å². The van der Waals surface area contributed by atoms with Crippen LogP contribution < -0.4 is 10.1 Å². The number of carbonyl (C=O) groups excluding carboxylic acids is 2. The molecule has 0 aliphatic heterocycles. The molecule has 0 radical (unpaired) electrons. The van der Waals surface area contributed by atoms with Gasteiger partial charge in [-0.05, 0) is 31.2 Å². The third-order valence-electron chi connectivity index (χ3n) is 3.74. The summed E-state index contributed by atoms with van der Waals surface area (Å²) in [5.41, 5.74) is 2.61. The van der Waals surface area contributed by atoms with Crippen LogP contribution in [0.3, 0.4) is 0 Å². The summed E-state index contributed by atoms with van der Waals surface area (Å²) in [6.45, 7) is 1.65. The van der Waals surface area contributed by atoms with Crippen molar-refractivity contribution in [3.63, 3.8) is 0 Å². The molecule has 1 heterocycles. The number of anilines is 2. The lowest BCUT2D eigenvalue weighted by Gasteiger charge is -2.05. The summed E-state index contributed by atoms with van der Waals surface area (Å²) in [5, 5.41) is 5.29. The van der Waals surface area contributed by atoms with Crippen molar-refractivity contribution in [3.8, 4) is 5.75 Å². The maximum absolute atomic E-state index is 12.2. The van der Waals surface area contributed by atoms with Gasteiger partial charge in [0.15, 0.2) is 23.2 Å². The lowest BCUT2D eigenvalue weighted by molar-refractivity contribution is 0.0470. The molecule has 0 amide bonds. The number of nitrogens with one attached hydrogen (secondary N) is 1. The second-order valence-corrected chi connectivity index (χ2v) is 6.62. The van der Waals surface area contributed by atoms with Crippen molar-refractivity contribution in [2.24, 2.45) is 0 Å². The molecule has 7 heteroatoms. The van der Waals surface area contributed by atoms with Crippen LogP contribution in [-0.2, 0) is 4.74 Å². The molecule has 6 nitrogen and oxygen atoms in total. The molecule has 3 rings (SSSR count). The molecule has 1 aromatic heterocycles. The number of benzene rings is 2. The monoisotopic (exact) mass is 382 g/mol. The summed E-state index contributed by atoms with van der Waals surface area (Å²) in [4.78, 5) is 28.5. The van der Waals surface area contributed by atoms with Gasteiger partial charge in [-0.2, -0.15) is 0 Å². The molecular formula is C20H18N2O4S. The number of ether oxygens (including phenoxy) is 2. The summed E-state index contributed by atoms with van der Waals surface area (Å²) in [6.07, 6.45) is 0. The normalized spacial score (nSPS) is 10.3. The Hall–Kier alpha value is -3.19. The molecule has 0 aliphatic carbocycles. The van der Waals surface area contributed by atoms with Crippen molar-refractivity contribution >= 4 is 33.9 Å². The zero-order valence-electron chi connectivity index (χ0n) is 14.9. The topological polar surface area (TPSA) is 77.5 Å². The summed E-state index contributed by atoms with van der Waals surface area (Å²) < 4.78 is 10.2. The average molecular weight is 382 g/mol. The minimum Gasteiger partial charge on any atom is -0.497 e. The van der Waals surface area contributed by atoms with E-state index in [1.165, 1.54) is 18.4 Å². The summed E-state index contributed by atoms with van der Waals surface area (Å²) >= 11 is 1.29. The van der Waals surface area contributed by atoms with Crippen LogP contribution in [0, 0.1) is 6.92 Å². The Morgan fingerprint density at radius 3 is 2.67 bits per heavy atom. The van der Waals surface area contributed by atoms with Crippen molar-refractivity contribution < 1.29 is 19.1 Å². The van der Waals surface area contributed by atoms with Gasteiger partial charge in [0.05, 0.1) is 7.11 Å². The maximum atomic E-state index is 12.2. The van der Waals surface area contributed by atoms with Gasteiger partial charge >= 0.3 is 5.97 Å². The second-order valence-electron chi connectivity index (χ2n) is 5.76. The fourth-order valence-corrected chi connectivity index (χ4v) is 2.97. The number of ketones is 1. The zero-order chi connectivity index (χ0) is 19.2. The van der Waals surface area contributed by atoms with Gasteiger partial charge in [0.1, 0.15) is 5.75 Å². The van der Waals surface area contributed by atoms with Crippen molar-refractivity contribution in [1.82, 2.24) is 4.98 Å². The Bertz CT molecular complexity index is 951. The number of aryl methyl sites for hydroxylation is 1. The first-order chi connectivity index (χ1) is 13.0. The van der Waals surface area contributed by atoms with Crippen molar-refractivity contribution in [3.05, 3.63) is 70.7 Å². The molecule has 138 valence electrons. The number of hydrogen-bond acceptors (Lipinski definition) is 7. The summed E-state index contributed by atoms with van der Waals surface area (Å²) in [6, 6.07) is 14.5. The highest BCUT2D eigenvalue weighted by atomic mass is 32.1. The van der Waals surface area contributed by atoms with E-state index in [9.17, 15) is 9.59 Å². The molecule has 0 spiro atoms. The molecule has 1 N–H and O–H groups in total. The number of carbonyl (C=O) groups is 2. The van der Waals surface area contributed by atoms with E-state index in [-0.39, 0.29) is 18.1 Å². The molecule has 0 atom stereocenters. The number of hydrogen-bond donors (Lipinski definition) is 1. The first kappa shape index (κ1) is 18.6. The molecule has 0 saturated heterocycles. The maximum Gasteiger partial charge on any atom is 0.358 e. The molecule has 2 aromatic carbocycles. The van der Waals surface area contributed by atoms with Gasteiger partial charge in [-0.15, -0.1) is 11.3 Å². The Morgan fingerprint density at radius 2 is 1.93 bits per heavy atom. The Morgan fingerprint density at radius 1 is 1.15 bits per heavy atom. The number of aromatic nitrogens is 1. The molecular weight excluding hydrogens is 364 g/mol. The zero-order valence-corrected chi connectivity index (χ0v) is 15.7. The van der Waals surface area contributed by atoms with Gasteiger partial charge < -0.3 is 14.8 Å². The minimum absolute atomic E-state index is 0.160. The number of methoxy groups -OCH3 is 1. The smallest absolute Gasteiger partial charge is 0.358 e. The molecule has 0 unspecified atom stereocenters. The number of rotatable bonds is 7. The third kappa shape index (κ3) is 4.92. The van der Waals surface area contributed by atoms with E-state index < -0.39 is 5.97 Å². The number of esters is 1. The molecule has 0 bridgehead atoms. The van der Waals surface area contributed by atoms with E-state index in [0.717, 1.165) is 11.3 Å². The van der Waals surface area contributed by atoms with Crippen LogP contribution in [0.15, 0.2) is 53.9 Å². The third-order valence-corrected chi connectivity index (χ3v) is 4.50. The quantitative estimate of drug-likeness (QED) is 0.486. The van der Waals surface area contributed by atoms with E-state index >= 15 is 0 Å². The highest BCUT2D eigenvalue weighted by Crippen LogP contribution is 2.21. The standard InChI is InChI=1S/C20H18N2O4S/c1-13-6-8-15(9-7-13)21-20-22-17(12-27-20)19(24)26-11-18(23)14-4-3-5-16(10-14)25-2/h3-10,12H,11H2,1-2H3,(H,21,22). The van der Waals surface area contributed by atoms with Crippen molar-refractivity contribution in [2.45, 2.75) is 6.92 Å². The predicted molar refractivity (Wildman–Crippen MR) is 104 cm³/mol. The first-order valence-electron chi connectivity index (χ1n) is 8.19. The van der Waals surface area contributed by atoms with E-state index in [4.69, 9.17) is 9.47 Å². The fraction of sp³-hybridized carbons (Fsp3) is 0.150. The lowest BCUT2D eigenvalue weighted by atomic mass is 10.1. The van der Waals surface area contributed by atoms with Crippen molar-refractivity contribution in [1.29, 1.82) is 0 Å². The fourth-order valence-electron chi connectivity index (χ4n) is 2.27. The predicted octanol–water partition coefficient (Wildman–Crippen LogP) is 4.24. The van der Waals surface area contributed by atoms with Crippen LogP contribution >= 0.6 is 11.3 Å². The second kappa shape index (κ2) is 8.46. The largest absolute Gasteiger partial charge is 0.497 e. The van der Waals surface area contributed by atoms with Crippen LogP contribution in [0.25, 0.3) is 0 Å². The van der Waals surface area contributed by atoms with Crippen molar-refractivity contribution in [2.75, 3.05) is 19.0 Å². The van der Waals surface area contributed by atoms with Gasteiger partial charge in [-0.25, -0.2) is 9.78 Å². The molecule has 0 fully saturated rings. The highest BCUT2D eigenvalue weighted by Gasteiger charge is 2.15. The molecule has 3 aromatic rings. The summed E-state index contributed by atoms with van der Waals surface area (Å²) in [7, 11) is 1.52. The average Bonchev–Trinajstić information content (AvgIpc) is 3.16. The highest BCUT2D eigenvalue weighted by molar-refractivity contribution is 7.14. The van der Waals surface area contributed by atoms with E-state index in [0.29, 0.717) is 16.4 Å². The Labute approximate surface area is 160 Å². The molecule has 27 heavy (non-hydrogen) atoms. The van der Waals surface area contributed by atoms with Crippen LogP contribution in [0.4, 0.5) is 10.8 Å². The van der Waals surface area contributed by atoms with Gasteiger partial charge in [0, 0.05) is 16.6 Å². The summed E-state index contributed by atoms with van der Waals surface area (Å²) in [5.74, 6) is -0.381. The van der Waals surface area contributed by atoms with Gasteiger partial charge in [0.25, 0.3) is 0 Å². The first-order valence-corrected chi connectivity index (χ1v) is 9.07. The van der Waals surface area contributed by atoms with Crippen LogP contribution in [0.1, 0.15) is 26.4 Å².